The van der Waals surface area contributed by atoms with Crippen molar-refractivity contribution in [3.05, 3.63) is 95.2 Å². The van der Waals surface area contributed by atoms with Gasteiger partial charge in [-0.3, -0.25) is 9.78 Å². The van der Waals surface area contributed by atoms with Gasteiger partial charge in [-0.1, -0.05) is 24.3 Å². The maximum absolute atomic E-state index is 12.5. The quantitative estimate of drug-likeness (QED) is 0.405. The van der Waals surface area contributed by atoms with Gasteiger partial charge in [-0.2, -0.15) is 9.61 Å². The van der Waals surface area contributed by atoms with Crippen LogP contribution in [0.1, 0.15) is 10.4 Å². The van der Waals surface area contributed by atoms with Crippen molar-refractivity contribution in [3.63, 3.8) is 0 Å². The third-order valence-electron chi connectivity index (χ3n) is 4.74. The molecule has 0 radical (unpaired) electrons. The van der Waals surface area contributed by atoms with Crippen LogP contribution in [0.4, 0.5) is 5.69 Å². The molecular weight excluding hydrogens is 456 g/mol. The molecule has 1 N–H and O–H groups in total. The van der Waals surface area contributed by atoms with Gasteiger partial charge in [-0.15, -0.1) is 10.2 Å². The molecule has 0 aliphatic rings. The van der Waals surface area contributed by atoms with Crippen LogP contribution in [0.25, 0.3) is 28.3 Å². The van der Waals surface area contributed by atoms with Crippen molar-refractivity contribution in [3.8, 4) is 22.6 Å². The topological polar surface area (TPSA) is 85.1 Å². The van der Waals surface area contributed by atoms with Gasteiger partial charge in [-0.05, 0) is 64.5 Å². The Kier molecular flexibility index (Phi) is 4.97. The second-order valence-corrected chi connectivity index (χ2v) is 7.62. The molecule has 7 nitrogen and oxygen atoms in total. The van der Waals surface area contributed by atoms with Gasteiger partial charge in [0.1, 0.15) is 0 Å². The van der Waals surface area contributed by atoms with Gasteiger partial charge in [0.25, 0.3) is 5.91 Å². The number of rotatable bonds is 4. The standard InChI is InChI=1S/C23H15BrN6O/c24-19-6-2-1-5-18(19)23(31)26-17-9-7-15(8-10-17)20-11-12-21-27-28-22(30(21)29-20)16-4-3-13-25-14-16/h1-14H,(H,26,31). The first-order chi connectivity index (χ1) is 15.2. The molecule has 0 unspecified atom stereocenters. The number of carbonyl (C=O) groups excluding carboxylic acids is 1. The number of nitrogens with zero attached hydrogens (tertiary/aromatic N) is 5. The zero-order valence-electron chi connectivity index (χ0n) is 16.1. The van der Waals surface area contributed by atoms with E-state index in [9.17, 15) is 4.79 Å². The Hall–Kier alpha value is -3.91. The van der Waals surface area contributed by atoms with E-state index in [1.807, 2.05) is 66.7 Å². The van der Waals surface area contributed by atoms with E-state index in [0.717, 1.165) is 21.3 Å². The number of hydrogen-bond donors (Lipinski definition) is 1. The van der Waals surface area contributed by atoms with Crippen LogP contribution in [0.5, 0.6) is 0 Å². The normalized spacial score (nSPS) is 10.9. The van der Waals surface area contributed by atoms with Gasteiger partial charge in [0, 0.05) is 33.7 Å². The fraction of sp³-hybridized carbons (Fsp3) is 0. The lowest BCUT2D eigenvalue weighted by Crippen LogP contribution is -2.12. The van der Waals surface area contributed by atoms with E-state index in [2.05, 4.69) is 36.4 Å². The Balaban J connectivity index is 1.42. The predicted octanol–water partition coefficient (Wildman–Crippen LogP) is 4.87. The minimum atomic E-state index is -0.176. The van der Waals surface area contributed by atoms with E-state index in [1.165, 1.54) is 0 Å². The molecule has 0 aliphatic carbocycles. The fourth-order valence-electron chi connectivity index (χ4n) is 3.19. The van der Waals surface area contributed by atoms with Crippen LogP contribution in [0.15, 0.2) is 89.7 Å². The highest BCUT2D eigenvalue weighted by Gasteiger charge is 2.12. The smallest absolute Gasteiger partial charge is 0.256 e. The van der Waals surface area contributed by atoms with E-state index >= 15 is 0 Å². The third-order valence-corrected chi connectivity index (χ3v) is 5.43. The highest BCUT2D eigenvalue weighted by atomic mass is 79.9. The molecular formula is C23H15BrN6O. The Bertz CT molecular complexity index is 1380. The zero-order chi connectivity index (χ0) is 21.2. The number of pyridine rings is 1. The summed E-state index contributed by atoms with van der Waals surface area (Å²) in [7, 11) is 0. The number of hydrogen-bond acceptors (Lipinski definition) is 5. The Morgan fingerprint density at radius 2 is 1.71 bits per heavy atom. The molecule has 2 aromatic carbocycles. The number of nitrogens with one attached hydrogen (secondary N) is 1. The number of anilines is 1. The van der Waals surface area contributed by atoms with Crippen LogP contribution < -0.4 is 5.32 Å². The SMILES string of the molecule is O=C(Nc1ccc(-c2ccc3nnc(-c4cccnc4)n3n2)cc1)c1ccccc1Br. The Labute approximate surface area is 185 Å². The van der Waals surface area contributed by atoms with Crippen molar-refractivity contribution in [2.45, 2.75) is 0 Å². The van der Waals surface area contributed by atoms with E-state index in [0.29, 0.717) is 22.7 Å². The first-order valence-corrected chi connectivity index (χ1v) is 10.3. The van der Waals surface area contributed by atoms with Gasteiger partial charge in [0.15, 0.2) is 11.5 Å². The molecule has 31 heavy (non-hydrogen) atoms. The molecule has 0 bridgehead atoms. The third kappa shape index (κ3) is 3.80. The van der Waals surface area contributed by atoms with E-state index < -0.39 is 0 Å². The van der Waals surface area contributed by atoms with Crippen molar-refractivity contribution in [2.75, 3.05) is 5.32 Å². The summed E-state index contributed by atoms with van der Waals surface area (Å²) in [4.78, 5) is 16.6. The Morgan fingerprint density at radius 1 is 0.871 bits per heavy atom. The molecule has 0 fully saturated rings. The van der Waals surface area contributed by atoms with Gasteiger partial charge in [0.2, 0.25) is 0 Å². The number of halogens is 1. The summed E-state index contributed by atoms with van der Waals surface area (Å²) in [6, 6.07) is 22.4. The van der Waals surface area contributed by atoms with E-state index in [-0.39, 0.29) is 5.91 Å². The first kappa shape index (κ1) is 19.1. The molecule has 0 atom stereocenters. The van der Waals surface area contributed by atoms with Crippen molar-refractivity contribution < 1.29 is 4.79 Å². The molecule has 0 aliphatic heterocycles. The van der Waals surface area contributed by atoms with E-state index in [4.69, 9.17) is 5.10 Å². The molecule has 5 rings (SSSR count). The number of carbonyl (C=O) groups is 1. The van der Waals surface area contributed by atoms with Gasteiger partial charge in [-0.25, -0.2) is 0 Å². The fourth-order valence-corrected chi connectivity index (χ4v) is 3.65. The van der Waals surface area contributed by atoms with Crippen LogP contribution in [0.3, 0.4) is 0 Å². The monoisotopic (exact) mass is 470 g/mol. The lowest BCUT2D eigenvalue weighted by molar-refractivity contribution is 0.102. The van der Waals surface area contributed by atoms with Crippen molar-refractivity contribution >= 4 is 33.2 Å². The van der Waals surface area contributed by atoms with Gasteiger partial charge in [0.05, 0.1) is 11.3 Å². The highest BCUT2D eigenvalue weighted by Crippen LogP contribution is 2.23. The maximum atomic E-state index is 12.5. The summed E-state index contributed by atoms with van der Waals surface area (Å²) in [6.07, 6.45) is 3.44. The summed E-state index contributed by atoms with van der Waals surface area (Å²) in [5, 5.41) is 16.0. The first-order valence-electron chi connectivity index (χ1n) is 9.48. The summed E-state index contributed by atoms with van der Waals surface area (Å²) in [6.45, 7) is 0. The average Bonchev–Trinajstić information content (AvgIpc) is 3.24. The Morgan fingerprint density at radius 3 is 2.48 bits per heavy atom. The van der Waals surface area contributed by atoms with Crippen LogP contribution in [-0.4, -0.2) is 30.7 Å². The molecule has 0 spiro atoms. The summed E-state index contributed by atoms with van der Waals surface area (Å²) in [5.74, 6) is 0.452. The highest BCUT2D eigenvalue weighted by molar-refractivity contribution is 9.10. The van der Waals surface area contributed by atoms with Crippen LogP contribution in [-0.2, 0) is 0 Å². The number of aromatic nitrogens is 5. The second-order valence-electron chi connectivity index (χ2n) is 6.77. The largest absolute Gasteiger partial charge is 0.322 e. The molecule has 0 saturated carbocycles. The maximum Gasteiger partial charge on any atom is 0.256 e. The van der Waals surface area contributed by atoms with Crippen molar-refractivity contribution in [1.29, 1.82) is 0 Å². The molecule has 3 heterocycles. The zero-order valence-corrected chi connectivity index (χ0v) is 17.7. The molecule has 3 aromatic heterocycles. The lowest BCUT2D eigenvalue weighted by Gasteiger charge is -2.08. The molecule has 0 saturated heterocycles. The van der Waals surface area contributed by atoms with Crippen molar-refractivity contribution in [2.24, 2.45) is 0 Å². The van der Waals surface area contributed by atoms with E-state index in [1.54, 1.807) is 23.0 Å². The number of benzene rings is 2. The minimum absolute atomic E-state index is 0.176. The van der Waals surface area contributed by atoms with Crippen LogP contribution in [0, 0.1) is 0 Å². The molecule has 5 aromatic rings. The van der Waals surface area contributed by atoms with Gasteiger partial charge >= 0.3 is 0 Å². The van der Waals surface area contributed by atoms with Crippen LogP contribution in [0.2, 0.25) is 0 Å². The summed E-state index contributed by atoms with van der Waals surface area (Å²) < 4.78 is 2.45. The lowest BCUT2D eigenvalue weighted by atomic mass is 10.1. The number of fused-ring (bicyclic) bond motifs is 1. The predicted molar refractivity (Wildman–Crippen MR) is 122 cm³/mol. The second kappa shape index (κ2) is 8.08. The molecule has 1 amide bonds. The number of amides is 1. The molecule has 150 valence electrons. The average molecular weight is 471 g/mol. The summed E-state index contributed by atoms with van der Waals surface area (Å²) >= 11 is 3.41. The summed E-state index contributed by atoms with van der Waals surface area (Å²) in [5.41, 5.74) is 4.44. The minimum Gasteiger partial charge on any atom is -0.322 e. The van der Waals surface area contributed by atoms with Gasteiger partial charge < -0.3 is 5.32 Å². The molecule has 8 heteroatoms. The van der Waals surface area contributed by atoms with Crippen molar-refractivity contribution in [1.82, 2.24) is 24.8 Å². The van der Waals surface area contributed by atoms with Crippen LogP contribution >= 0.6 is 15.9 Å².